The van der Waals surface area contributed by atoms with Gasteiger partial charge in [0.15, 0.2) is 0 Å². The van der Waals surface area contributed by atoms with Gasteiger partial charge in [0.05, 0.1) is 24.0 Å². The number of nitrogens with one attached hydrogen (secondary N) is 3. The summed E-state index contributed by atoms with van der Waals surface area (Å²) < 4.78 is 0. The molecule has 1 saturated carbocycles. The SMILES string of the molecule is C[C@@H](NC(=O)NC1CCCCC1)[C@@H](c1cccs1)[NH+]1CCCC1. The molecule has 1 saturated heterocycles. The lowest BCUT2D eigenvalue weighted by Gasteiger charge is -2.30. The zero-order valence-electron chi connectivity index (χ0n) is 14.1. The number of carbonyl (C=O) groups is 1. The van der Waals surface area contributed by atoms with Crippen molar-refractivity contribution in [3.63, 3.8) is 0 Å². The molecule has 0 bridgehead atoms. The molecule has 0 spiro atoms. The third kappa shape index (κ3) is 4.48. The van der Waals surface area contributed by atoms with Crippen LogP contribution in [0.15, 0.2) is 17.5 Å². The number of rotatable bonds is 5. The van der Waals surface area contributed by atoms with Crippen molar-refractivity contribution in [2.24, 2.45) is 0 Å². The summed E-state index contributed by atoms with van der Waals surface area (Å²) in [6.45, 7) is 4.60. The van der Waals surface area contributed by atoms with Crippen molar-refractivity contribution in [1.82, 2.24) is 10.6 Å². The van der Waals surface area contributed by atoms with E-state index in [1.165, 1.54) is 50.1 Å². The molecule has 23 heavy (non-hydrogen) atoms. The van der Waals surface area contributed by atoms with E-state index in [1.54, 1.807) is 4.90 Å². The number of amides is 2. The molecule has 3 rings (SSSR count). The third-order valence-electron chi connectivity index (χ3n) is 5.33. The van der Waals surface area contributed by atoms with E-state index in [-0.39, 0.29) is 12.1 Å². The fraction of sp³-hybridized carbons (Fsp3) is 0.722. The number of quaternary nitrogens is 1. The van der Waals surface area contributed by atoms with Gasteiger partial charge >= 0.3 is 6.03 Å². The highest BCUT2D eigenvalue weighted by Gasteiger charge is 2.33. The molecule has 0 unspecified atom stereocenters. The molecule has 2 amide bonds. The number of hydrogen-bond acceptors (Lipinski definition) is 2. The van der Waals surface area contributed by atoms with E-state index < -0.39 is 0 Å². The second-order valence-corrected chi connectivity index (χ2v) is 8.08. The van der Waals surface area contributed by atoms with Crippen LogP contribution >= 0.6 is 11.3 Å². The minimum Gasteiger partial charge on any atom is -0.335 e. The van der Waals surface area contributed by atoms with Gasteiger partial charge < -0.3 is 15.5 Å². The number of likely N-dealkylation sites (tertiary alicyclic amines) is 1. The van der Waals surface area contributed by atoms with Gasteiger partial charge in [-0.25, -0.2) is 4.79 Å². The summed E-state index contributed by atoms with van der Waals surface area (Å²) in [6, 6.07) is 5.27. The van der Waals surface area contributed by atoms with E-state index in [0.29, 0.717) is 12.1 Å². The molecule has 2 atom stereocenters. The van der Waals surface area contributed by atoms with Crippen molar-refractivity contribution in [2.45, 2.75) is 70.0 Å². The highest BCUT2D eigenvalue weighted by atomic mass is 32.1. The van der Waals surface area contributed by atoms with Crippen molar-refractivity contribution < 1.29 is 9.69 Å². The summed E-state index contributed by atoms with van der Waals surface area (Å²) in [5.74, 6) is 0. The van der Waals surface area contributed by atoms with Crippen LogP contribution < -0.4 is 15.5 Å². The Kier molecular flexibility index (Phi) is 5.95. The fourth-order valence-corrected chi connectivity index (χ4v) is 5.16. The van der Waals surface area contributed by atoms with Gasteiger partial charge in [-0.2, -0.15) is 0 Å². The van der Waals surface area contributed by atoms with E-state index in [2.05, 4.69) is 35.1 Å². The molecular weight excluding hydrogens is 306 g/mol. The van der Waals surface area contributed by atoms with Crippen molar-refractivity contribution in [3.05, 3.63) is 22.4 Å². The Morgan fingerprint density at radius 3 is 2.61 bits per heavy atom. The first-order valence-corrected chi connectivity index (χ1v) is 10.1. The number of urea groups is 1. The maximum atomic E-state index is 12.4. The molecular formula is C18H30N3OS+. The number of thiophene rings is 1. The molecule has 4 nitrogen and oxygen atoms in total. The first kappa shape index (κ1) is 16.8. The lowest BCUT2D eigenvalue weighted by Crippen LogP contribution is -3.11. The average Bonchev–Trinajstić information content (AvgIpc) is 3.22. The third-order valence-corrected chi connectivity index (χ3v) is 6.29. The Morgan fingerprint density at radius 2 is 1.96 bits per heavy atom. The summed E-state index contributed by atoms with van der Waals surface area (Å²) in [7, 11) is 0. The van der Waals surface area contributed by atoms with Crippen LogP contribution in [0.2, 0.25) is 0 Å². The van der Waals surface area contributed by atoms with Crippen LogP contribution in [0.1, 0.15) is 62.8 Å². The zero-order valence-corrected chi connectivity index (χ0v) is 15.0. The topological polar surface area (TPSA) is 45.6 Å². The summed E-state index contributed by atoms with van der Waals surface area (Å²) in [5.41, 5.74) is 0. The van der Waals surface area contributed by atoms with Gasteiger partial charge in [0.25, 0.3) is 0 Å². The van der Waals surface area contributed by atoms with E-state index in [4.69, 9.17) is 0 Å². The first-order valence-electron chi connectivity index (χ1n) is 9.19. The molecule has 2 heterocycles. The molecule has 1 aliphatic carbocycles. The van der Waals surface area contributed by atoms with Crippen molar-refractivity contribution >= 4 is 17.4 Å². The van der Waals surface area contributed by atoms with E-state index in [9.17, 15) is 4.79 Å². The molecule has 1 aromatic rings. The number of hydrogen-bond donors (Lipinski definition) is 3. The highest BCUT2D eigenvalue weighted by molar-refractivity contribution is 7.10. The van der Waals surface area contributed by atoms with Crippen molar-refractivity contribution in [2.75, 3.05) is 13.1 Å². The Hall–Kier alpha value is -1.07. The molecule has 1 aromatic heterocycles. The van der Waals surface area contributed by atoms with Crippen molar-refractivity contribution in [3.8, 4) is 0 Å². The molecule has 0 aromatic carbocycles. The van der Waals surface area contributed by atoms with Crippen LogP contribution in [0, 0.1) is 0 Å². The summed E-state index contributed by atoms with van der Waals surface area (Å²) in [6.07, 6.45) is 8.68. The largest absolute Gasteiger partial charge is 0.335 e. The van der Waals surface area contributed by atoms with Gasteiger partial charge in [0.2, 0.25) is 0 Å². The van der Waals surface area contributed by atoms with E-state index in [1.807, 2.05) is 11.3 Å². The Labute approximate surface area is 143 Å². The van der Waals surface area contributed by atoms with Crippen LogP contribution in [0.3, 0.4) is 0 Å². The smallest absolute Gasteiger partial charge is 0.315 e. The van der Waals surface area contributed by atoms with Crippen LogP contribution in [0.4, 0.5) is 4.79 Å². The Balaban J connectivity index is 1.59. The molecule has 1 aliphatic heterocycles. The molecule has 128 valence electrons. The van der Waals surface area contributed by atoms with E-state index >= 15 is 0 Å². The minimum atomic E-state index is 0.0181. The summed E-state index contributed by atoms with van der Waals surface area (Å²) in [5, 5.41) is 8.56. The van der Waals surface area contributed by atoms with Crippen LogP contribution in [0.25, 0.3) is 0 Å². The average molecular weight is 337 g/mol. The Bertz CT molecular complexity index is 478. The van der Waals surface area contributed by atoms with Gasteiger partial charge in [0, 0.05) is 18.9 Å². The highest BCUT2D eigenvalue weighted by Crippen LogP contribution is 2.21. The zero-order chi connectivity index (χ0) is 16.1. The van der Waals surface area contributed by atoms with Gasteiger partial charge in [-0.1, -0.05) is 25.3 Å². The predicted molar refractivity (Wildman–Crippen MR) is 95.0 cm³/mol. The fourth-order valence-electron chi connectivity index (χ4n) is 4.17. The molecule has 3 N–H and O–H groups in total. The molecule has 0 radical (unpaired) electrons. The molecule has 5 heteroatoms. The lowest BCUT2D eigenvalue weighted by molar-refractivity contribution is -0.920. The van der Waals surface area contributed by atoms with Crippen LogP contribution in [0.5, 0.6) is 0 Å². The second-order valence-electron chi connectivity index (χ2n) is 7.10. The van der Waals surface area contributed by atoms with Crippen LogP contribution in [-0.4, -0.2) is 31.2 Å². The normalized spacial score (nSPS) is 22.7. The van der Waals surface area contributed by atoms with Gasteiger partial charge in [0.1, 0.15) is 6.04 Å². The summed E-state index contributed by atoms with van der Waals surface area (Å²) in [4.78, 5) is 15.4. The lowest BCUT2D eigenvalue weighted by atomic mass is 9.96. The first-order chi connectivity index (χ1) is 11.2. The number of carbonyl (C=O) groups excluding carboxylic acids is 1. The summed E-state index contributed by atoms with van der Waals surface area (Å²) >= 11 is 1.82. The van der Waals surface area contributed by atoms with Gasteiger partial charge in [-0.05, 0) is 31.2 Å². The second kappa shape index (κ2) is 8.15. The monoisotopic (exact) mass is 336 g/mol. The molecule has 2 fully saturated rings. The van der Waals surface area contributed by atoms with Gasteiger partial charge in [-0.15, -0.1) is 11.3 Å². The predicted octanol–water partition coefficient (Wildman–Crippen LogP) is 2.49. The Morgan fingerprint density at radius 1 is 1.22 bits per heavy atom. The maximum absolute atomic E-state index is 12.4. The quantitative estimate of drug-likeness (QED) is 0.760. The van der Waals surface area contributed by atoms with Crippen molar-refractivity contribution in [1.29, 1.82) is 0 Å². The maximum Gasteiger partial charge on any atom is 0.315 e. The standard InChI is InChI=1S/C18H29N3OS/c1-14(19-18(22)20-15-8-3-2-4-9-15)17(16-10-7-13-23-16)21-11-5-6-12-21/h7,10,13-15,17H,2-6,8-9,11-12H2,1H3,(H2,19,20,22)/p+1/t14-,17+/m1/s1. The molecule has 2 aliphatic rings. The van der Waals surface area contributed by atoms with E-state index in [0.717, 1.165) is 12.8 Å². The van der Waals surface area contributed by atoms with Crippen LogP contribution in [-0.2, 0) is 0 Å². The minimum absolute atomic E-state index is 0.0181. The van der Waals surface area contributed by atoms with Gasteiger partial charge in [-0.3, -0.25) is 0 Å².